The summed E-state index contributed by atoms with van der Waals surface area (Å²) in [7, 11) is 0. The van der Waals surface area contributed by atoms with Crippen molar-refractivity contribution in [2.45, 2.75) is 25.3 Å². The fourth-order valence-electron chi connectivity index (χ4n) is 2.19. The van der Waals surface area contributed by atoms with E-state index in [2.05, 4.69) is 20.3 Å². The van der Waals surface area contributed by atoms with Gasteiger partial charge in [0.15, 0.2) is 11.5 Å². The maximum absolute atomic E-state index is 5.75. The maximum atomic E-state index is 5.75. The van der Waals surface area contributed by atoms with Gasteiger partial charge in [-0.2, -0.15) is 0 Å². The Kier molecular flexibility index (Phi) is 2.62. The molecule has 0 atom stereocenters. The van der Waals surface area contributed by atoms with Crippen LogP contribution in [0.4, 0.5) is 5.69 Å². The van der Waals surface area contributed by atoms with Crippen LogP contribution in [0, 0.1) is 0 Å². The molecule has 0 spiro atoms. The third-order valence-corrected chi connectivity index (χ3v) is 3.44. The van der Waals surface area contributed by atoms with E-state index < -0.39 is 0 Å². The van der Waals surface area contributed by atoms with Crippen LogP contribution in [0.3, 0.4) is 0 Å². The first-order chi connectivity index (χ1) is 9.88. The molecule has 0 bridgehead atoms. The molecule has 2 heterocycles. The van der Waals surface area contributed by atoms with Crippen LogP contribution in [0.5, 0.6) is 0 Å². The van der Waals surface area contributed by atoms with E-state index in [1.165, 1.54) is 19.2 Å². The molecule has 0 saturated heterocycles. The van der Waals surface area contributed by atoms with E-state index in [1.54, 1.807) is 12.4 Å². The second-order valence-electron chi connectivity index (χ2n) is 5.11. The van der Waals surface area contributed by atoms with Crippen molar-refractivity contribution in [3.8, 4) is 0 Å². The van der Waals surface area contributed by atoms with Crippen LogP contribution in [-0.4, -0.2) is 15.0 Å². The monoisotopic (exact) mass is 266 g/mol. The number of benzene rings is 1. The summed E-state index contributed by atoms with van der Waals surface area (Å²) in [5, 5.41) is 3.35. The van der Waals surface area contributed by atoms with Crippen molar-refractivity contribution in [3.63, 3.8) is 0 Å². The molecule has 1 N–H and O–H groups in total. The molecule has 1 aliphatic carbocycles. The lowest BCUT2D eigenvalue weighted by Gasteiger charge is -2.05. The van der Waals surface area contributed by atoms with Crippen molar-refractivity contribution in [2.75, 3.05) is 5.32 Å². The van der Waals surface area contributed by atoms with Crippen molar-refractivity contribution >= 4 is 16.8 Å². The molecule has 0 aliphatic heterocycles. The molecule has 1 aliphatic rings. The summed E-state index contributed by atoms with van der Waals surface area (Å²) < 4.78 is 5.75. The molecule has 0 unspecified atom stereocenters. The lowest BCUT2D eigenvalue weighted by atomic mass is 10.2. The van der Waals surface area contributed by atoms with Gasteiger partial charge in [0.05, 0.1) is 0 Å². The minimum absolute atomic E-state index is 0.542. The van der Waals surface area contributed by atoms with Gasteiger partial charge in [-0.15, -0.1) is 0 Å². The van der Waals surface area contributed by atoms with E-state index in [9.17, 15) is 0 Å². The van der Waals surface area contributed by atoms with Crippen LogP contribution in [0.25, 0.3) is 11.1 Å². The first kappa shape index (κ1) is 11.4. The maximum Gasteiger partial charge on any atom is 0.198 e. The lowest BCUT2D eigenvalue weighted by Crippen LogP contribution is -2.00. The number of fused-ring (bicyclic) bond motifs is 1. The van der Waals surface area contributed by atoms with Crippen LogP contribution >= 0.6 is 0 Å². The zero-order chi connectivity index (χ0) is 13.4. The SMILES string of the molecule is c1ncc(CNc2ccc3oc(C4CC4)nc3c2)cn1. The highest BCUT2D eigenvalue weighted by Gasteiger charge is 2.28. The molecule has 1 saturated carbocycles. The predicted molar refractivity (Wildman–Crippen MR) is 75.3 cm³/mol. The zero-order valence-electron chi connectivity index (χ0n) is 10.9. The normalized spacial score (nSPS) is 14.6. The summed E-state index contributed by atoms with van der Waals surface area (Å²) in [6.07, 6.45) is 7.54. The summed E-state index contributed by atoms with van der Waals surface area (Å²) >= 11 is 0. The summed E-state index contributed by atoms with van der Waals surface area (Å²) in [6.45, 7) is 0.694. The molecule has 100 valence electrons. The second-order valence-corrected chi connectivity index (χ2v) is 5.11. The largest absolute Gasteiger partial charge is 0.440 e. The Morgan fingerprint density at radius 1 is 1.20 bits per heavy atom. The standard InChI is InChI=1S/C15H14N4O/c1-2-11(1)15-19-13-5-12(3-4-14(13)20-15)18-8-10-6-16-9-17-7-10/h3-7,9,11,18H,1-2,8H2. The van der Waals surface area contributed by atoms with E-state index in [1.807, 2.05) is 18.2 Å². The third kappa shape index (κ3) is 2.22. The number of hydrogen-bond acceptors (Lipinski definition) is 5. The number of rotatable bonds is 4. The van der Waals surface area contributed by atoms with Gasteiger partial charge < -0.3 is 9.73 Å². The van der Waals surface area contributed by atoms with Crippen LogP contribution in [0.2, 0.25) is 0 Å². The Morgan fingerprint density at radius 3 is 2.85 bits per heavy atom. The minimum Gasteiger partial charge on any atom is -0.440 e. The van der Waals surface area contributed by atoms with E-state index in [0.29, 0.717) is 12.5 Å². The molecule has 2 aromatic heterocycles. The molecule has 1 aromatic carbocycles. The molecule has 3 aromatic rings. The van der Waals surface area contributed by atoms with E-state index in [-0.39, 0.29) is 0 Å². The zero-order valence-corrected chi connectivity index (χ0v) is 10.9. The molecular weight excluding hydrogens is 252 g/mol. The van der Waals surface area contributed by atoms with Gasteiger partial charge in [0, 0.05) is 36.1 Å². The van der Waals surface area contributed by atoms with E-state index in [0.717, 1.165) is 28.2 Å². The van der Waals surface area contributed by atoms with Gasteiger partial charge in [0.2, 0.25) is 0 Å². The highest BCUT2D eigenvalue weighted by molar-refractivity contribution is 5.77. The molecule has 5 nitrogen and oxygen atoms in total. The predicted octanol–water partition coefficient (Wildman–Crippen LogP) is 3.11. The number of hydrogen-bond donors (Lipinski definition) is 1. The smallest absolute Gasteiger partial charge is 0.198 e. The Bertz CT molecular complexity index is 734. The molecule has 20 heavy (non-hydrogen) atoms. The van der Waals surface area contributed by atoms with Gasteiger partial charge in [0.25, 0.3) is 0 Å². The van der Waals surface area contributed by atoms with Gasteiger partial charge in [-0.25, -0.2) is 15.0 Å². The number of nitrogens with zero attached hydrogens (tertiary/aromatic N) is 3. The molecular formula is C15H14N4O. The summed E-state index contributed by atoms with van der Waals surface area (Å²) in [4.78, 5) is 12.6. The van der Waals surface area contributed by atoms with E-state index >= 15 is 0 Å². The number of nitrogens with one attached hydrogen (secondary N) is 1. The first-order valence-electron chi connectivity index (χ1n) is 6.77. The summed E-state index contributed by atoms with van der Waals surface area (Å²) in [6, 6.07) is 6.00. The van der Waals surface area contributed by atoms with E-state index in [4.69, 9.17) is 4.42 Å². The Morgan fingerprint density at radius 2 is 2.05 bits per heavy atom. The Balaban J connectivity index is 1.54. The van der Waals surface area contributed by atoms with Gasteiger partial charge in [-0.1, -0.05) is 0 Å². The van der Waals surface area contributed by atoms with Gasteiger partial charge >= 0.3 is 0 Å². The van der Waals surface area contributed by atoms with Crippen molar-refractivity contribution in [1.29, 1.82) is 0 Å². The Labute approximate surface area is 116 Å². The second kappa shape index (κ2) is 4.59. The van der Waals surface area contributed by atoms with Crippen LogP contribution in [0.1, 0.15) is 30.2 Å². The van der Waals surface area contributed by atoms with Gasteiger partial charge in [-0.3, -0.25) is 0 Å². The summed E-state index contributed by atoms with van der Waals surface area (Å²) in [5.74, 6) is 1.42. The fraction of sp³-hybridized carbons (Fsp3) is 0.267. The number of oxazole rings is 1. The highest BCUT2D eigenvalue weighted by atomic mass is 16.3. The first-order valence-corrected chi connectivity index (χ1v) is 6.77. The van der Waals surface area contributed by atoms with Crippen LogP contribution in [-0.2, 0) is 6.54 Å². The van der Waals surface area contributed by atoms with Crippen LogP contribution in [0.15, 0.2) is 41.3 Å². The Hall–Kier alpha value is -2.43. The quantitative estimate of drug-likeness (QED) is 0.786. The highest BCUT2D eigenvalue weighted by Crippen LogP contribution is 2.40. The molecule has 1 fully saturated rings. The van der Waals surface area contributed by atoms with Crippen molar-refractivity contribution in [3.05, 3.63) is 48.4 Å². The molecule has 0 radical (unpaired) electrons. The molecule has 5 heteroatoms. The minimum atomic E-state index is 0.542. The average molecular weight is 266 g/mol. The van der Waals surface area contributed by atoms with Gasteiger partial charge in [-0.05, 0) is 31.0 Å². The molecule has 0 amide bonds. The third-order valence-electron chi connectivity index (χ3n) is 3.44. The van der Waals surface area contributed by atoms with Crippen molar-refractivity contribution in [1.82, 2.24) is 15.0 Å². The summed E-state index contributed by atoms with van der Waals surface area (Å²) in [5.41, 5.74) is 3.85. The van der Waals surface area contributed by atoms with Crippen molar-refractivity contribution in [2.24, 2.45) is 0 Å². The topological polar surface area (TPSA) is 63.8 Å². The number of anilines is 1. The van der Waals surface area contributed by atoms with Gasteiger partial charge in [0.1, 0.15) is 11.8 Å². The lowest BCUT2D eigenvalue weighted by molar-refractivity contribution is 0.533. The van der Waals surface area contributed by atoms with Crippen molar-refractivity contribution < 1.29 is 4.42 Å². The van der Waals surface area contributed by atoms with Crippen LogP contribution < -0.4 is 5.32 Å². The fourth-order valence-corrected chi connectivity index (χ4v) is 2.19. The molecule has 4 rings (SSSR count). The average Bonchev–Trinajstić information content (AvgIpc) is 3.26. The number of aromatic nitrogens is 3.